The van der Waals surface area contributed by atoms with Crippen LogP contribution in [0.15, 0.2) is 58.3 Å². The van der Waals surface area contributed by atoms with E-state index < -0.39 is 28.5 Å². The van der Waals surface area contributed by atoms with Gasteiger partial charge in [-0.15, -0.1) is 11.8 Å². The van der Waals surface area contributed by atoms with Gasteiger partial charge in [-0.1, -0.05) is 0 Å². The number of rotatable bonds is 8. The summed E-state index contributed by atoms with van der Waals surface area (Å²) in [5.74, 6) is -1.22. The summed E-state index contributed by atoms with van der Waals surface area (Å²) in [6.45, 7) is 1.43. The van der Waals surface area contributed by atoms with Gasteiger partial charge < -0.3 is 9.47 Å². The molecule has 0 unspecified atom stereocenters. The molecule has 0 fully saturated rings. The highest BCUT2D eigenvalue weighted by Crippen LogP contribution is 2.26. The summed E-state index contributed by atoms with van der Waals surface area (Å²) >= 11 is 1.49. The predicted molar refractivity (Wildman–Crippen MR) is 107 cm³/mol. The number of thioether (sulfide) groups is 1. The summed E-state index contributed by atoms with van der Waals surface area (Å²) in [6, 6.07) is 12.1. The van der Waals surface area contributed by atoms with E-state index in [0.717, 1.165) is 9.20 Å². The minimum atomic E-state index is -4.02. The van der Waals surface area contributed by atoms with Crippen LogP contribution in [0.25, 0.3) is 0 Å². The number of nitrogens with zero attached hydrogens (tertiary/aromatic N) is 1. The molecule has 2 aromatic carbocycles. The Kier molecular flexibility index (Phi) is 7.47. The van der Waals surface area contributed by atoms with Crippen molar-refractivity contribution in [2.45, 2.75) is 16.7 Å². The zero-order valence-corrected chi connectivity index (χ0v) is 17.4. The highest BCUT2D eigenvalue weighted by Gasteiger charge is 2.27. The van der Waals surface area contributed by atoms with Gasteiger partial charge in [0.05, 0.1) is 29.9 Å². The van der Waals surface area contributed by atoms with E-state index in [0.29, 0.717) is 0 Å². The summed E-state index contributed by atoms with van der Waals surface area (Å²) in [5.41, 5.74) is 0.512. The van der Waals surface area contributed by atoms with Crippen LogP contribution in [0.4, 0.5) is 5.69 Å². The minimum absolute atomic E-state index is 0.0451. The number of benzene rings is 2. The first-order valence-corrected chi connectivity index (χ1v) is 11.0. The van der Waals surface area contributed by atoms with Crippen molar-refractivity contribution in [2.24, 2.45) is 0 Å². The van der Waals surface area contributed by atoms with Crippen molar-refractivity contribution < 1.29 is 27.5 Å². The van der Waals surface area contributed by atoms with Crippen LogP contribution >= 0.6 is 11.8 Å². The van der Waals surface area contributed by atoms with Gasteiger partial charge in [-0.3, -0.25) is 9.10 Å². The first kappa shape index (κ1) is 21.8. The monoisotopic (exact) mass is 423 g/mol. The van der Waals surface area contributed by atoms with E-state index in [1.807, 2.05) is 6.26 Å². The second-order valence-electron chi connectivity index (χ2n) is 5.53. The molecule has 0 aliphatic carbocycles. The second-order valence-corrected chi connectivity index (χ2v) is 8.27. The molecule has 0 saturated heterocycles. The zero-order chi connectivity index (χ0) is 20.7. The second kappa shape index (κ2) is 9.61. The number of sulfonamides is 1. The third-order valence-electron chi connectivity index (χ3n) is 3.81. The van der Waals surface area contributed by atoms with Gasteiger partial charge in [0.1, 0.15) is 6.54 Å². The molecule has 2 aromatic rings. The molecule has 0 aliphatic rings. The molecule has 150 valence electrons. The number of esters is 2. The van der Waals surface area contributed by atoms with Gasteiger partial charge in [0.15, 0.2) is 0 Å². The highest BCUT2D eigenvalue weighted by molar-refractivity contribution is 7.98. The number of ether oxygens (including phenoxy) is 2. The topological polar surface area (TPSA) is 90.0 Å². The fourth-order valence-corrected chi connectivity index (χ4v) is 4.17. The highest BCUT2D eigenvalue weighted by atomic mass is 32.2. The van der Waals surface area contributed by atoms with Crippen molar-refractivity contribution in [1.82, 2.24) is 0 Å². The molecule has 9 heteroatoms. The molecule has 7 nitrogen and oxygen atoms in total. The number of hydrogen-bond acceptors (Lipinski definition) is 7. The van der Waals surface area contributed by atoms with Gasteiger partial charge in [-0.25, -0.2) is 13.2 Å². The SMILES string of the molecule is CCOC(=O)c1ccc(N(CC(=O)OC)S(=O)(=O)c2ccc(SC)cc2)cc1. The van der Waals surface area contributed by atoms with Crippen molar-refractivity contribution in [2.75, 3.05) is 30.8 Å². The number of carbonyl (C=O) groups excluding carboxylic acids is 2. The smallest absolute Gasteiger partial charge is 0.338 e. The maximum atomic E-state index is 13.1. The fourth-order valence-electron chi connectivity index (χ4n) is 2.35. The van der Waals surface area contributed by atoms with Crippen LogP contribution in [0.2, 0.25) is 0 Å². The Morgan fingerprint density at radius 1 is 1.04 bits per heavy atom. The van der Waals surface area contributed by atoms with Crippen LogP contribution in [-0.2, 0) is 24.3 Å². The van der Waals surface area contributed by atoms with E-state index >= 15 is 0 Å². The summed E-state index contributed by atoms with van der Waals surface area (Å²) < 4.78 is 36.8. The number of carbonyl (C=O) groups is 2. The first-order chi connectivity index (χ1) is 13.3. The average Bonchev–Trinajstić information content (AvgIpc) is 2.72. The molecule has 0 saturated carbocycles. The van der Waals surface area contributed by atoms with Crippen LogP contribution in [0.1, 0.15) is 17.3 Å². The molecule has 0 heterocycles. The van der Waals surface area contributed by atoms with Crippen LogP contribution < -0.4 is 4.31 Å². The summed E-state index contributed by atoms with van der Waals surface area (Å²) in [6.07, 6.45) is 1.89. The molecule has 0 atom stereocenters. The van der Waals surface area contributed by atoms with E-state index in [4.69, 9.17) is 4.74 Å². The van der Waals surface area contributed by atoms with Gasteiger partial charge in [0.2, 0.25) is 0 Å². The molecular formula is C19H21NO6S2. The van der Waals surface area contributed by atoms with Crippen LogP contribution in [0.5, 0.6) is 0 Å². The lowest BCUT2D eigenvalue weighted by molar-refractivity contribution is -0.138. The molecule has 2 rings (SSSR count). The fraction of sp³-hybridized carbons (Fsp3) is 0.263. The number of anilines is 1. The third kappa shape index (κ3) is 5.05. The van der Waals surface area contributed by atoms with Crippen molar-refractivity contribution in [3.05, 3.63) is 54.1 Å². The van der Waals surface area contributed by atoms with E-state index in [1.54, 1.807) is 19.1 Å². The van der Waals surface area contributed by atoms with Gasteiger partial charge in [0, 0.05) is 4.90 Å². The van der Waals surface area contributed by atoms with Crippen LogP contribution in [0.3, 0.4) is 0 Å². The van der Waals surface area contributed by atoms with Gasteiger partial charge in [0.25, 0.3) is 10.0 Å². The van der Waals surface area contributed by atoms with E-state index in [-0.39, 0.29) is 22.8 Å². The average molecular weight is 424 g/mol. The lowest BCUT2D eigenvalue weighted by Gasteiger charge is -2.23. The standard InChI is InChI=1S/C19H21NO6S2/c1-4-26-19(22)14-5-7-15(8-6-14)20(13-18(21)25-2)28(23,24)17-11-9-16(27-3)10-12-17/h5-12H,4,13H2,1-3H3. The van der Waals surface area contributed by atoms with Gasteiger partial charge >= 0.3 is 11.9 Å². The third-order valence-corrected chi connectivity index (χ3v) is 6.35. The van der Waals surface area contributed by atoms with Crippen molar-refractivity contribution in [1.29, 1.82) is 0 Å². The molecular weight excluding hydrogens is 402 g/mol. The molecule has 0 N–H and O–H groups in total. The number of methoxy groups -OCH3 is 1. The lowest BCUT2D eigenvalue weighted by atomic mass is 10.2. The zero-order valence-electron chi connectivity index (χ0n) is 15.7. The van der Waals surface area contributed by atoms with Crippen LogP contribution in [-0.4, -0.2) is 46.9 Å². The van der Waals surface area contributed by atoms with Crippen molar-refractivity contribution >= 4 is 39.4 Å². The summed E-state index contributed by atoms with van der Waals surface area (Å²) in [4.78, 5) is 24.6. The maximum Gasteiger partial charge on any atom is 0.338 e. The molecule has 0 aliphatic heterocycles. The van der Waals surface area contributed by atoms with E-state index in [9.17, 15) is 18.0 Å². The van der Waals surface area contributed by atoms with Gasteiger partial charge in [-0.2, -0.15) is 0 Å². The molecule has 0 aromatic heterocycles. The summed E-state index contributed by atoms with van der Waals surface area (Å²) in [7, 11) is -2.84. The van der Waals surface area contributed by atoms with E-state index in [2.05, 4.69) is 4.74 Å². The quantitative estimate of drug-likeness (QED) is 0.476. The predicted octanol–water partition coefficient (Wildman–Crippen LogP) is 2.95. The maximum absolute atomic E-state index is 13.1. The molecule has 0 amide bonds. The van der Waals surface area contributed by atoms with E-state index in [1.165, 1.54) is 55.3 Å². The Hall–Kier alpha value is -2.52. The molecule has 0 spiro atoms. The van der Waals surface area contributed by atoms with Crippen LogP contribution in [0, 0.1) is 0 Å². The number of hydrogen-bond donors (Lipinski definition) is 0. The van der Waals surface area contributed by atoms with Crippen molar-refractivity contribution in [3.63, 3.8) is 0 Å². The normalized spacial score (nSPS) is 11.0. The Labute approximate surface area is 168 Å². The van der Waals surface area contributed by atoms with Crippen molar-refractivity contribution in [3.8, 4) is 0 Å². The molecule has 28 heavy (non-hydrogen) atoms. The Morgan fingerprint density at radius 3 is 2.14 bits per heavy atom. The molecule has 0 bridgehead atoms. The first-order valence-electron chi connectivity index (χ1n) is 8.34. The lowest BCUT2D eigenvalue weighted by Crippen LogP contribution is -2.36. The Bertz CT molecular complexity index is 924. The Morgan fingerprint density at radius 2 is 1.64 bits per heavy atom. The summed E-state index contributed by atoms with van der Waals surface area (Å²) in [5, 5.41) is 0. The minimum Gasteiger partial charge on any atom is -0.468 e. The Balaban J connectivity index is 2.43. The molecule has 0 radical (unpaired) electrons. The van der Waals surface area contributed by atoms with Gasteiger partial charge in [-0.05, 0) is 61.7 Å². The largest absolute Gasteiger partial charge is 0.468 e.